The van der Waals surface area contributed by atoms with Crippen LogP contribution < -0.4 is 0 Å². The van der Waals surface area contributed by atoms with E-state index in [2.05, 4.69) is 34.1 Å². The standard InChI is InChI=1S/C11H12BrCl/c12-11-4-3-9-5-8(7-13)1-2-10(9)6-11/h3-4,6,8H,1-2,5,7H2. The molecule has 2 heteroatoms. The average molecular weight is 260 g/mol. The zero-order valence-electron chi connectivity index (χ0n) is 7.39. The third kappa shape index (κ3) is 2.08. The number of alkyl halides is 1. The summed E-state index contributed by atoms with van der Waals surface area (Å²) in [7, 11) is 0. The molecule has 0 saturated carbocycles. The molecule has 1 aromatic carbocycles. The van der Waals surface area contributed by atoms with Crippen LogP contribution in [0.1, 0.15) is 17.5 Å². The molecule has 0 fully saturated rings. The topological polar surface area (TPSA) is 0 Å². The third-order valence-electron chi connectivity index (χ3n) is 2.72. The lowest BCUT2D eigenvalue weighted by molar-refractivity contribution is 0.506. The van der Waals surface area contributed by atoms with E-state index < -0.39 is 0 Å². The quantitative estimate of drug-likeness (QED) is 0.673. The molecule has 13 heavy (non-hydrogen) atoms. The number of hydrogen-bond donors (Lipinski definition) is 0. The molecule has 1 unspecified atom stereocenters. The van der Waals surface area contributed by atoms with Gasteiger partial charge in [-0.05, 0) is 48.4 Å². The van der Waals surface area contributed by atoms with Gasteiger partial charge in [0.1, 0.15) is 0 Å². The SMILES string of the molecule is ClCC1CCc2cc(Br)ccc2C1. The number of fused-ring (bicyclic) bond motifs is 1. The highest BCUT2D eigenvalue weighted by molar-refractivity contribution is 9.10. The van der Waals surface area contributed by atoms with Gasteiger partial charge in [0.15, 0.2) is 0 Å². The van der Waals surface area contributed by atoms with Crippen molar-refractivity contribution in [3.05, 3.63) is 33.8 Å². The molecule has 0 aliphatic heterocycles. The van der Waals surface area contributed by atoms with Crippen molar-refractivity contribution in [2.45, 2.75) is 19.3 Å². The second kappa shape index (κ2) is 4.02. The predicted octanol–water partition coefficient (Wildman–Crippen LogP) is 3.79. The summed E-state index contributed by atoms with van der Waals surface area (Å²) in [6, 6.07) is 6.58. The molecule has 0 bridgehead atoms. The van der Waals surface area contributed by atoms with Gasteiger partial charge in [0.25, 0.3) is 0 Å². The Bertz CT molecular complexity index is 309. The summed E-state index contributed by atoms with van der Waals surface area (Å²) in [5.41, 5.74) is 2.98. The summed E-state index contributed by atoms with van der Waals surface area (Å²) >= 11 is 9.37. The van der Waals surface area contributed by atoms with Crippen molar-refractivity contribution >= 4 is 27.5 Å². The number of halogens is 2. The van der Waals surface area contributed by atoms with Crippen LogP contribution in [0.15, 0.2) is 22.7 Å². The monoisotopic (exact) mass is 258 g/mol. The highest BCUT2D eigenvalue weighted by Gasteiger charge is 2.17. The van der Waals surface area contributed by atoms with Gasteiger partial charge < -0.3 is 0 Å². The van der Waals surface area contributed by atoms with Gasteiger partial charge in [0.2, 0.25) is 0 Å². The van der Waals surface area contributed by atoms with Crippen LogP contribution in [0.25, 0.3) is 0 Å². The molecule has 0 spiro atoms. The van der Waals surface area contributed by atoms with E-state index in [9.17, 15) is 0 Å². The van der Waals surface area contributed by atoms with E-state index in [1.807, 2.05) is 0 Å². The fourth-order valence-electron chi connectivity index (χ4n) is 1.93. The lowest BCUT2D eigenvalue weighted by Gasteiger charge is -2.22. The first-order chi connectivity index (χ1) is 6.29. The number of aryl methyl sites for hydroxylation is 1. The Balaban J connectivity index is 2.26. The molecule has 1 atom stereocenters. The second-order valence-corrected chi connectivity index (χ2v) is 4.90. The van der Waals surface area contributed by atoms with Gasteiger partial charge >= 0.3 is 0 Å². The molecular formula is C11H12BrCl. The van der Waals surface area contributed by atoms with Gasteiger partial charge in [-0.15, -0.1) is 11.6 Å². The molecule has 1 aromatic rings. The molecular weight excluding hydrogens is 247 g/mol. The van der Waals surface area contributed by atoms with E-state index in [0.29, 0.717) is 5.92 Å². The highest BCUT2D eigenvalue weighted by atomic mass is 79.9. The molecule has 2 rings (SSSR count). The first kappa shape index (κ1) is 9.54. The van der Waals surface area contributed by atoms with Crippen molar-refractivity contribution in [1.82, 2.24) is 0 Å². The molecule has 0 nitrogen and oxygen atoms in total. The first-order valence-electron chi connectivity index (χ1n) is 4.63. The number of benzene rings is 1. The summed E-state index contributed by atoms with van der Waals surface area (Å²) < 4.78 is 1.19. The molecule has 70 valence electrons. The van der Waals surface area contributed by atoms with Gasteiger partial charge in [-0.25, -0.2) is 0 Å². The number of rotatable bonds is 1. The van der Waals surface area contributed by atoms with Crippen molar-refractivity contribution in [3.8, 4) is 0 Å². The molecule has 0 saturated heterocycles. The highest BCUT2D eigenvalue weighted by Crippen LogP contribution is 2.28. The Morgan fingerprint density at radius 3 is 3.00 bits per heavy atom. The maximum Gasteiger partial charge on any atom is 0.0255 e. The van der Waals surface area contributed by atoms with Crippen molar-refractivity contribution < 1.29 is 0 Å². The molecule has 1 aliphatic rings. The van der Waals surface area contributed by atoms with Crippen LogP contribution in [0.3, 0.4) is 0 Å². The molecule has 0 aromatic heterocycles. The van der Waals surface area contributed by atoms with E-state index in [1.54, 1.807) is 0 Å². The lowest BCUT2D eigenvalue weighted by Crippen LogP contribution is -2.15. The Labute approximate surface area is 92.4 Å². The van der Waals surface area contributed by atoms with E-state index in [1.165, 1.54) is 28.4 Å². The van der Waals surface area contributed by atoms with Crippen molar-refractivity contribution in [1.29, 1.82) is 0 Å². The van der Waals surface area contributed by atoms with Crippen LogP contribution in [0.4, 0.5) is 0 Å². The van der Waals surface area contributed by atoms with E-state index in [0.717, 1.165) is 12.3 Å². The van der Waals surface area contributed by atoms with Crippen LogP contribution in [0.5, 0.6) is 0 Å². The van der Waals surface area contributed by atoms with E-state index in [4.69, 9.17) is 11.6 Å². The minimum atomic E-state index is 0.690. The maximum absolute atomic E-state index is 5.87. The summed E-state index contributed by atoms with van der Waals surface area (Å²) in [4.78, 5) is 0. The second-order valence-electron chi connectivity index (χ2n) is 3.68. The van der Waals surface area contributed by atoms with Gasteiger partial charge in [0.05, 0.1) is 0 Å². The van der Waals surface area contributed by atoms with Gasteiger partial charge in [-0.1, -0.05) is 22.0 Å². The predicted molar refractivity (Wildman–Crippen MR) is 60.4 cm³/mol. The maximum atomic E-state index is 5.87. The summed E-state index contributed by atoms with van der Waals surface area (Å²) in [6.07, 6.45) is 3.59. The van der Waals surface area contributed by atoms with Crippen LogP contribution in [-0.4, -0.2) is 5.88 Å². The van der Waals surface area contributed by atoms with Crippen LogP contribution in [0, 0.1) is 5.92 Å². The minimum absolute atomic E-state index is 0.690. The fourth-order valence-corrected chi connectivity index (χ4v) is 2.60. The Morgan fingerprint density at radius 2 is 2.23 bits per heavy atom. The Morgan fingerprint density at radius 1 is 1.38 bits per heavy atom. The fraction of sp³-hybridized carbons (Fsp3) is 0.455. The summed E-state index contributed by atoms with van der Waals surface area (Å²) in [5, 5.41) is 0. The van der Waals surface area contributed by atoms with Crippen molar-refractivity contribution in [2.75, 3.05) is 5.88 Å². The normalized spacial score (nSPS) is 21.2. The van der Waals surface area contributed by atoms with Crippen LogP contribution in [0.2, 0.25) is 0 Å². The van der Waals surface area contributed by atoms with Crippen LogP contribution >= 0.6 is 27.5 Å². The van der Waals surface area contributed by atoms with Crippen molar-refractivity contribution in [3.63, 3.8) is 0 Å². The molecule has 0 N–H and O–H groups in total. The lowest BCUT2D eigenvalue weighted by atomic mass is 9.85. The smallest absolute Gasteiger partial charge is 0.0255 e. The van der Waals surface area contributed by atoms with Gasteiger partial charge in [-0.3, -0.25) is 0 Å². The zero-order chi connectivity index (χ0) is 9.26. The Kier molecular flexibility index (Phi) is 2.95. The Hall–Kier alpha value is -0.0100. The molecule has 0 amide bonds. The van der Waals surface area contributed by atoms with Gasteiger partial charge in [-0.2, -0.15) is 0 Å². The zero-order valence-corrected chi connectivity index (χ0v) is 9.74. The molecule has 1 aliphatic carbocycles. The summed E-state index contributed by atoms with van der Waals surface area (Å²) in [5.74, 6) is 1.49. The summed E-state index contributed by atoms with van der Waals surface area (Å²) in [6.45, 7) is 0. The first-order valence-corrected chi connectivity index (χ1v) is 5.95. The average Bonchev–Trinajstić information content (AvgIpc) is 2.17. The van der Waals surface area contributed by atoms with E-state index >= 15 is 0 Å². The molecule has 0 radical (unpaired) electrons. The number of hydrogen-bond acceptors (Lipinski definition) is 0. The van der Waals surface area contributed by atoms with E-state index in [-0.39, 0.29) is 0 Å². The van der Waals surface area contributed by atoms with Crippen LogP contribution in [-0.2, 0) is 12.8 Å². The largest absolute Gasteiger partial charge is 0.126 e. The minimum Gasteiger partial charge on any atom is -0.126 e. The van der Waals surface area contributed by atoms with Crippen molar-refractivity contribution in [2.24, 2.45) is 5.92 Å². The van der Waals surface area contributed by atoms with Gasteiger partial charge in [0, 0.05) is 10.4 Å². The molecule has 0 heterocycles. The third-order valence-corrected chi connectivity index (χ3v) is 3.65.